The predicted octanol–water partition coefficient (Wildman–Crippen LogP) is 4.27. The summed E-state index contributed by atoms with van der Waals surface area (Å²) in [6.45, 7) is 0. The molecule has 0 fully saturated rings. The van der Waals surface area contributed by atoms with Gasteiger partial charge in [0.1, 0.15) is 0 Å². The van der Waals surface area contributed by atoms with Gasteiger partial charge in [0, 0.05) is 32.3 Å². The second-order valence-corrected chi connectivity index (χ2v) is 7.75. The summed E-state index contributed by atoms with van der Waals surface area (Å²) in [5, 5.41) is 29.8. The Balaban J connectivity index is 1.92. The molecule has 6 heteroatoms. The van der Waals surface area contributed by atoms with Crippen LogP contribution in [0.3, 0.4) is 0 Å². The predicted molar refractivity (Wildman–Crippen MR) is 118 cm³/mol. The zero-order valence-electron chi connectivity index (χ0n) is 15.3. The number of benzene rings is 5. The van der Waals surface area contributed by atoms with Crippen LogP contribution in [0.15, 0.2) is 58.1 Å². The maximum atomic E-state index is 12.5. The Kier molecular flexibility index (Phi) is 2.50. The largest absolute Gasteiger partial charge is 0.494 e. The van der Waals surface area contributed by atoms with E-state index in [4.69, 9.17) is 0 Å². The highest BCUT2D eigenvalue weighted by Gasteiger charge is 2.20. The lowest BCUT2D eigenvalue weighted by Crippen LogP contribution is -2.07. The number of aromatic hydroxyl groups is 2. The Hall–Kier alpha value is -4.32. The van der Waals surface area contributed by atoms with Gasteiger partial charge in [-0.15, -0.1) is 0 Å². The zero-order valence-corrected chi connectivity index (χ0v) is 15.3. The second-order valence-electron chi connectivity index (χ2n) is 7.75. The van der Waals surface area contributed by atoms with Gasteiger partial charge in [0.2, 0.25) is 0 Å². The van der Waals surface area contributed by atoms with Crippen molar-refractivity contribution in [3.05, 3.63) is 69.2 Å². The molecule has 5 aromatic carbocycles. The number of aromatic nitrogens is 2. The monoisotopic (exact) mass is 392 g/mol. The Labute approximate surface area is 166 Å². The third-order valence-corrected chi connectivity index (χ3v) is 6.37. The van der Waals surface area contributed by atoms with Gasteiger partial charge < -0.3 is 10.2 Å². The van der Waals surface area contributed by atoms with Crippen molar-refractivity contribution in [2.45, 2.75) is 0 Å². The van der Waals surface area contributed by atoms with Crippen molar-refractivity contribution < 1.29 is 10.2 Å². The van der Waals surface area contributed by atoms with Crippen LogP contribution < -0.4 is 11.1 Å². The summed E-state index contributed by atoms with van der Waals surface area (Å²) in [4.78, 5) is 30.0. The van der Waals surface area contributed by atoms with Crippen LogP contribution >= 0.6 is 0 Å². The van der Waals surface area contributed by atoms with E-state index in [1.54, 1.807) is 24.3 Å². The molecular formula is C24H12N2O4. The van der Waals surface area contributed by atoms with Crippen LogP contribution in [0.1, 0.15) is 0 Å². The lowest BCUT2D eigenvalue weighted by atomic mass is 9.86. The molecule has 4 N–H and O–H groups in total. The summed E-state index contributed by atoms with van der Waals surface area (Å²) in [6, 6.07) is 14.8. The molecule has 6 nitrogen and oxygen atoms in total. The fourth-order valence-electron chi connectivity index (χ4n) is 5.15. The smallest absolute Gasteiger partial charge is 0.258 e. The van der Waals surface area contributed by atoms with Gasteiger partial charge in [-0.3, -0.25) is 19.6 Å². The first kappa shape index (κ1) is 15.6. The summed E-state index contributed by atoms with van der Waals surface area (Å²) >= 11 is 0. The van der Waals surface area contributed by atoms with Crippen molar-refractivity contribution in [3.8, 4) is 11.8 Å². The SMILES string of the molecule is O=c1[nH]c(O)c2ccc3c4ccc5c(=O)[nH]c(O)c6ccc(c7ccc1c2c37)c4c65. The van der Waals surface area contributed by atoms with Crippen molar-refractivity contribution in [2.75, 3.05) is 0 Å². The maximum Gasteiger partial charge on any atom is 0.258 e. The standard InChI is InChI=1S/C24H12N2O4/c27-21-13-5-1-9-10-2-6-15-20-16(24(30)26-23(15)29)8-4-12(18(10)20)11-3-7-14(22(28)25-21)19(13)17(9)11/h1-8H,(H2,25,27,28)(H2,26,29,30). The third kappa shape index (κ3) is 1.58. The normalized spacial score (nSPS) is 12.5. The van der Waals surface area contributed by atoms with E-state index in [-0.39, 0.29) is 22.9 Å². The van der Waals surface area contributed by atoms with Gasteiger partial charge in [-0.05, 0) is 56.6 Å². The lowest BCUT2D eigenvalue weighted by molar-refractivity contribution is 0.458. The highest BCUT2D eigenvalue weighted by Crippen LogP contribution is 2.45. The molecule has 0 spiro atoms. The third-order valence-electron chi connectivity index (χ3n) is 6.37. The van der Waals surface area contributed by atoms with Gasteiger partial charge in [-0.25, -0.2) is 0 Å². The van der Waals surface area contributed by atoms with Crippen molar-refractivity contribution >= 4 is 64.6 Å². The first-order valence-electron chi connectivity index (χ1n) is 9.50. The highest BCUT2D eigenvalue weighted by molar-refractivity contribution is 6.39. The molecule has 2 heterocycles. The Bertz CT molecular complexity index is 1800. The van der Waals surface area contributed by atoms with Crippen LogP contribution in [0.25, 0.3) is 64.6 Å². The average Bonchev–Trinajstić information content (AvgIpc) is 2.74. The quantitative estimate of drug-likeness (QED) is 0.228. The van der Waals surface area contributed by atoms with Crippen LogP contribution in [0, 0.1) is 0 Å². The summed E-state index contributed by atoms with van der Waals surface area (Å²) in [6.07, 6.45) is 0. The summed E-state index contributed by atoms with van der Waals surface area (Å²) in [7, 11) is 0. The van der Waals surface area contributed by atoms with Crippen LogP contribution in [-0.4, -0.2) is 20.2 Å². The number of rotatable bonds is 0. The van der Waals surface area contributed by atoms with Crippen LogP contribution in [0.5, 0.6) is 11.8 Å². The number of fused-ring (bicyclic) bond motifs is 2. The summed E-state index contributed by atoms with van der Waals surface area (Å²) < 4.78 is 0. The Morgan fingerprint density at radius 3 is 1.07 bits per heavy atom. The Morgan fingerprint density at radius 2 is 0.700 bits per heavy atom. The van der Waals surface area contributed by atoms with E-state index in [1.165, 1.54) is 0 Å². The number of pyridine rings is 2. The minimum absolute atomic E-state index is 0.150. The molecule has 0 saturated carbocycles. The molecule has 7 rings (SSSR count). The molecule has 0 amide bonds. The molecule has 142 valence electrons. The molecule has 0 bridgehead atoms. The number of aromatic amines is 2. The van der Waals surface area contributed by atoms with Gasteiger partial charge in [-0.2, -0.15) is 0 Å². The first-order chi connectivity index (χ1) is 14.5. The van der Waals surface area contributed by atoms with E-state index in [0.717, 1.165) is 43.1 Å². The molecular weight excluding hydrogens is 380 g/mol. The van der Waals surface area contributed by atoms with Crippen LogP contribution in [0.2, 0.25) is 0 Å². The van der Waals surface area contributed by atoms with Crippen LogP contribution in [-0.2, 0) is 0 Å². The van der Waals surface area contributed by atoms with Crippen molar-refractivity contribution in [1.29, 1.82) is 0 Å². The highest BCUT2D eigenvalue weighted by atomic mass is 16.3. The fraction of sp³-hybridized carbons (Fsp3) is 0. The topological polar surface area (TPSA) is 106 Å². The zero-order chi connectivity index (χ0) is 20.3. The molecule has 0 aliphatic rings. The molecule has 0 aliphatic carbocycles. The van der Waals surface area contributed by atoms with Gasteiger partial charge in [-0.1, -0.05) is 24.3 Å². The van der Waals surface area contributed by atoms with E-state index in [0.29, 0.717) is 21.5 Å². The van der Waals surface area contributed by atoms with E-state index in [9.17, 15) is 19.8 Å². The minimum atomic E-state index is -0.337. The van der Waals surface area contributed by atoms with E-state index in [1.807, 2.05) is 24.3 Å². The molecule has 0 radical (unpaired) electrons. The molecule has 7 aromatic rings. The summed E-state index contributed by atoms with van der Waals surface area (Å²) in [5.74, 6) is -0.299. The lowest BCUT2D eigenvalue weighted by Gasteiger charge is -2.18. The van der Waals surface area contributed by atoms with E-state index < -0.39 is 0 Å². The van der Waals surface area contributed by atoms with Crippen molar-refractivity contribution in [1.82, 2.24) is 9.97 Å². The minimum Gasteiger partial charge on any atom is -0.494 e. The van der Waals surface area contributed by atoms with Crippen molar-refractivity contribution in [3.63, 3.8) is 0 Å². The van der Waals surface area contributed by atoms with Gasteiger partial charge in [0.15, 0.2) is 11.8 Å². The Morgan fingerprint density at radius 1 is 0.433 bits per heavy atom. The van der Waals surface area contributed by atoms with E-state index in [2.05, 4.69) is 9.97 Å². The van der Waals surface area contributed by atoms with Crippen molar-refractivity contribution in [2.24, 2.45) is 0 Å². The van der Waals surface area contributed by atoms with E-state index >= 15 is 0 Å². The van der Waals surface area contributed by atoms with Crippen LogP contribution in [0.4, 0.5) is 0 Å². The van der Waals surface area contributed by atoms with Gasteiger partial charge in [0.05, 0.1) is 0 Å². The van der Waals surface area contributed by atoms with Gasteiger partial charge >= 0.3 is 0 Å². The second kappa shape index (κ2) is 4.80. The first-order valence-corrected chi connectivity index (χ1v) is 9.50. The number of hydrogen-bond donors (Lipinski definition) is 4. The fourth-order valence-corrected chi connectivity index (χ4v) is 5.15. The molecule has 2 aromatic heterocycles. The molecule has 0 saturated heterocycles. The molecule has 0 unspecified atom stereocenters. The molecule has 0 atom stereocenters. The average molecular weight is 392 g/mol. The molecule has 0 aliphatic heterocycles. The maximum absolute atomic E-state index is 12.5. The number of H-pyrrole nitrogens is 2. The molecule has 30 heavy (non-hydrogen) atoms. The number of nitrogens with one attached hydrogen (secondary N) is 2. The number of hydrogen-bond acceptors (Lipinski definition) is 4. The summed E-state index contributed by atoms with van der Waals surface area (Å²) in [5.41, 5.74) is -0.674. The van der Waals surface area contributed by atoms with Gasteiger partial charge in [0.25, 0.3) is 11.1 Å².